The van der Waals surface area contributed by atoms with E-state index in [1.165, 1.54) is 44.5 Å². The fourth-order valence-corrected chi connectivity index (χ4v) is 6.73. The van der Waals surface area contributed by atoms with E-state index in [0.717, 1.165) is 25.7 Å². The third-order valence-electron chi connectivity index (χ3n) is 8.52. The van der Waals surface area contributed by atoms with Gasteiger partial charge in [0, 0.05) is 12.0 Å². The Labute approximate surface area is 224 Å². The average molecular weight is 498 g/mol. The van der Waals surface area contributed by atoms with Crippen molar-refractivity contribution in [2.45, 2.75) is 43.7 Å². The van der Waals surface area contributed by atoms with Crippen LogP contribution in [0, 0.1) is 0 Å². The lowest BCUT2D eigenvalue weighted by atomic mass is 9.82. The van der Waals surface area contributed by atoms with Gasteiger partial charge in [-0.25, -0.2) is 4.79 Å². The molecule has 2 aliphatic heterocycles. The van der Waals surface area contributed by atoms with E-state index < -0.39 is 0 Å². The summed E-state index contributed by atoms with van der Waals surface area (Å²) in [7, 11) is 0. The normalized spacial score (nSPS) is 19.9. The number of nitrogens with zero attached hydrogens (tertiary/aromatic N) is 1. The van der Waals surface area contributed by atoms with Crippen molar-refractivity contribution in [2.75, 3.05) is 6.61 Å². The van der Waals surface area contributed by atoms with Crippen LogP contribution in [0.25, 0.3) is 27.8 Å². The summed E-state index contributed by atoms with van der Waals surface area (Å²) in [5.41, 5.74) is 10.1. The van der Waals surface area contributed by atoms with E-state index in [9.17, 15) is 4.79 Å². The number of carbonyl (C=O) groups excluding carboxylic acids is 1. The van der Waals surface area contributed by atoms with Gasteiger partial charge in [0.15, 0.2) is 0 Å². The molecule has 3 aliphatic rings. The largest absolute Gasteiger partial charge is 0.448 e. The first-order valence-electron chi connectivity index (χ1n) is 13.8. The molecule has 0 spiro atoms. The first-order chi connectivity index (χ1) is 18.8. The number of hydrogen-bond acceptors (Lipinski definition) is 2. The molecule has 0 radical (unpaired) electrons. The Morgan fingerprint density at radius 2 is 1.39 bits per heavy atom. The summed E-state index contributed by atoms with van der Waals surface area (Å²) in [4.78, 5) is 15.6. The summed E-state index contributed by atoms with van der Waals surface area (Å²) in [5, 5.41) is 0. The Balaban J connectivity index is 1.11. The summed E-state index contributed by atoms with van der Waals surface area (Å²) >= 11 is 0. The molecule has 1 saturated heterocycles. The fourth-order valence-electron chi connectivity index (χ4n) is 6.73. The molecule has 38 heavy (non-hydrogen) atoms. The van der Waals surface area contributed by atoms with Crippen molar-refractivity contribution in [1.29, 1.82) is 0 Å². The Bertz CT molecular complexity index is 1480. The third kappa shape index (κ3) is 4.03. The minimum absolute atomic E-state index is 0.0859. The zero-order valence-corrected chi connectivity index (χ0v) is 21.4. The summed E-state index contributed by atoms with van der Waals surface area (Å²) in [6.07, 6.45) is 6.19. The van der Waals surface area contributed by atoms with Crippen molar-refractivity contribution in [3.63, 3.8) is 0 Å². The van der Waals surface area contributed by atoms with E-state index in [-0.39, 0.29) is 24.1 Å². The van der Waals surface area contributed by atoms with Crippen molar-refractivity contribution >= 4 is 11.7 Å². The van der Waals surface area contributed by atoms with Crippen molar-refractivity contribution < 1.29 is 9.53 Å². The molecule has 2 heterocycles. The standard InChI is InChI=1S/C35H31NO2/c37-35(38-23-34-32-18-6-4-16-30(32)31-17-5-7-19-33(31)34)36-28-14-9-15-29(36)22-27(21-28)26-13-8-12-25(20-26)24-10-2-1-3-11-24/h1-8,10-13,16-21,28-29,34H,9,14-15,22-23H2. The molecule has 7 rings (SSSR count). The number of fused-ring (bicyclic) bond motifs is 5. The summed E-state index contributed by atoms with van der Waals surface area (Å²) in [6, 6.07) is 36.6. The third-order valence-corrected chi connectivity index (χ3v) is 8.52. The van der Waals surface area contributed by atoms with Gasteiger partial charge in [-0.15, -0.1) is 0 Å². The minimum atomic E-state index is -0.171. The van der Waals surface area contributed by atoms with Gasteiger partial charge in [0.2, 0.25) is 0 Å². The molecule has 2 atom stereocenters. The highest BCUT2D eigenvalue weighted by molar-refractivity contribution is 5.80. The molecule has 0 aromatic heterocycles. The van der Waals surface area contributed by atoms with Crippen molar-refractivity contribution in [3.8, 4) is 22.3 Å². The molecular weight excluding hydrogens is 466 g/mol. The second-order valence-electron chi connectivity index (χ2n) is 10.7. The molecule has 4 aromatic carbocycles. The average Bonchev–Trinajstić information content (AvgIpc) is 3.29. The van der Waals surface area contributed by atoms with Crippen LogP contribution in [0.3, 0.4) is 0 Å². The second-order valence-corrected chi connectivity index (χ2v) is 10.7. The molecule has 1 aliphatic carbocycles. The van der Waals surface area contributed by atoms with Crippen molar-refractivity contribution in [1.82, 2.24) is 4.90 Å². The molecule has 0 saturated carbocycles. The van der Waals surface area contributed by atoms with Crippen LogP contribution in [0.15, 0.2) is 109 Å². The van der Waals surface area contributed by atoms with Gasteiger partial charge in [-0.1, -0.05) is 103 Å². The van der Waals surface area contributed by atoms with E-state index in [4.69, 9.17) is 4.74 Å². The van der Waals surface area contributed by atoms with E-state index >= 15 is 0 Å². The lowest BCUT2D eigenvalue weighted by Crippen LogP contribution is -2.51. The van der Waals surface area contributed by atoms with Crippen LogP contribution >= 0.6 is 0 Å². The molecule has 0 N–H and O–H groups in total. The van der Waals surface area contributed by atoms with E-state index in [1.54, 1.807) is 0 Å². The number of benzene rings is 4. The maximum Gasteiger partial charge on any atom is 0.410 e. The summed E-state index contributed by atoms with van der Waals surface area (Å²) < 4.78 is 6.09. The van der Waals surface area contributed by atoms with Crippen LogP contribution in [-0.2, 0) is 4.74 Å². The van der Waals surface area contributed by atoms with Crippen molar-refractivity contribution in [2.24, 2.45) is 0 Å². The molecular formula is C35H31NO2. The first-order valence-corrected chi connectivity index (χ1v) is 13.8. The molecule has 2 bridgehead atoms. The predicted molar refractivity (Wildman–Crippen MR) is 153 cm³/mol. The Kier molecular flexibility index (Phi) is 5.85. The van der Waals surface area contributed by atoms with E-state index in [1.807, 2.05) is 4.90 Å². The smallest absolute Gasteiger partial charge is 0.410 e. The number of ether oxygens (including phenoxy) is 1. The predicted octanol–water partition coefficient (Wildman–Crippen LogP) is 8.31. The maximum absolute atomic E-state index is 13.5. The lowest BCUT2D eigenvalue weighted by Gasteiger charge is -2.44. The number of rotatable bonds is 4. The molecule has 1 fully saturated rings. The zero-order valence-electron chi connectivity index (χ0n) is 21.4. The van der Waals surface area contributed by atoms with E-state index in [0.29, 0.717) is 6.61 Å². The summed E-state index contributed by atoms with van der Waals surface area (Å²) in [6.45, 7) is 0.374. The Morgan fingerprint density at radius 3 is 2.13 bits per heavy atom. The number of hydrogen-bond donors (Lipinski definition) is 0. The minimum Gasteiger partial charge on any atom is -0.448 e. The van der Waals surface area contributed by atoms with Crippen molar-refractivity contribution in [3.05, 3.63) is 126 Å². The van der Waals surface area contributed by atoms with Gasteiger partial charge in [0.05, 0.1) is 6.04 Å². The molecule has 3 heteroatoms. The van der Waals surface area contributed by atoms with Gasteiger partial charge >= 0.3 is 6.09 Å². The van der Waals surface area contributed by atoms with Crippen LogP contribution in [0.2, 0.25) is 0 Å². The van der Waals surface area contributed by atoms with Gasteiger partial charge in [-0.2, -0.15) is 0 Å². The number of amides is 1. The van der Waals surface area contributed by atoms with Crippen LogP contribution in [-0.4, -0.2) is 29.7 Å². The first kappa shape index (κ1) is 23.0. The van der Waals surface area contributed by atoms with Gasteiger partial charge in [-0.3, -0.25) is 4.90 Å². The zero-order chi connectivity index (χ0) is 25.5. The topological polar surface area (TPSA) is 29.5 Å². The fraction of sp³-hybridized carbons (Fsp3) is 0.229. The molecule has 4 aromatic rings. The molecule has 3 nitrogen and oxygen atoms in total. The Hall–Kier alpha value is -4.11. The van der Waals surface area contributed by atoms with Gasteiger partial charge in [0.25, 0.3) is 0 Å². The lowest BCUT2D eigenvalue weighted by molar-refractivity contribution is 0.0539. The quantitative estimate of drug-likeness (QED) is 0.284. The highest BCUT2D eigenvalue weighted by Gasteiger charge is 2.39. The second kappa shape index (κ2) is 9.64. The summed E-state index contributed by atoms with van der Waals surface area (Å²) in [5.74, 6) is 0.0859. The molecule has 188 valence electrons. The van der Waals surface area contributed by atoms with Crippen LogP contribution in [0.4, 0.5) is 4.79 Å². The van der Waals surface area contributed by atoms with Crippen LogP contribution in [0.1, 0.15) is 48.3 Å². The molecule has 1 amide bonds. The monoisotopic (exact) mass is 497 g/mol. The number of piperidine rings is 1. The van der Waals surface area contributed by atoms with Gasteiger partial charge in [0.1, 0.15) is 6.61 Å². The maximum atomic E-state index is 13.5. The SMILES string of the molecule is O=C(OCC1c2ccccc2-c2ccccc21)N1C2C=C(c3cccc(-c4ccccc4)c3)CC1CCC2. The van der Waals surface area contributed by atoms with Crippen LogP contribution in [0.5, 0.6) is 0 Å². The number of carbonyl (C=O) groups is 1. The molecule has 2 unspecified atom stereocenters. The van der Waals surface area contributed by atoms with Gasteiger partial charge < -0.3 is 4.74 Å². The van der Waals surface area contributed by atoms with Gasteiger partial charge in [-0.05, 0) is 76.3 Å². The van der Waals surface area contributed by atoms with Crippen LogP contribution < -0.4 is 0 Å². The highest BCUT2D eigenvalue weighted by atomic mass is 16.6. The van der Waals surface area contributed by atoms with E-state index in [2.05, 4.69) is 109 Å². The Morgan fingerprint density at radius 1 is 0.737 bits per heavy atom. The highest BCUT2D eigenvalue weighted by Crippen LogP contribution is 2.45.